The molecule has 2 saturated heterocycles. The lowest BCUT2D eigenvalue weighted by Gasteiger charge is -2.49. The molecule has 1 unspecified atom stereocenters. The minimum Gasteiger partial charge on any atom is -0.379 e. The zero-order valence-electron chi connectivity index (χ0n) is 9.92. The SMILES string of the molecule is Fc1ccccc1C1(C2CCCNC2)COC1. The lowest BCUT2D eigenvalue weighted by molar-refractivity contribution is -0.0963. The van der Waals surface area contributed by atoms with Crippen LogP contribution in [0, 0.1) is 11.7 Å². The Hall–Kier alpha value is -0.930. The summed E-state index contributed by atoms with van der Waals surface area (Å²) in [5.74, 6) is 0.420. The van der Waals surface area contributed by atoms with E-state index in [1.165, 1.54) is 12.8 Å². The fraction of sp³-hybridized carbons (Fsp3) is 0.571. The van der Waals surface area contributed by atoms with Crippen LogP contribution >= 0.6 is 0 Å². The predicted octanol–water partition coefficient (Wildman–Crippen LogP) is 2.09. The first-order valence-electron chi connectivity index (χ1n) is 6.36. The number of benzene rings is 1. The molecule has 2 heterocycles. The first-order valence-corrected chi connectivity index (χ1v) is 6.36. The van der Waals surface area contributed by atoms with Crippen molar-refractivity contribution in [1.82, 2.24) is 5.32 Å². The highest BCUT2D eigenvalue weighted by molar-refractivity contribution is 5.31. The summed E-state index contributed by atoms with van der Waals surface area (Å²) in [5, 5.41) is 3.42. The molecule has 1 aromatic carbocycles. The van der Waals surface area contributed by atoms with E-state index in [0.717, 1.165) is 18.7 Å². The first-order chi connectivity index (χ1) is 8.33. The Morgan fingerprint density at radius 1 is 1.29 bits per heavy atom. The van der Waals surface area contributed by atoms with E-state index in [1.54, 1.807) is 12.1 Å². The van der Waals surface area contributed by atoms with E-state index in [-0.39, 0.29) is 11.2 Å². The van der Waals surface area contributed by atoms with E-state index >= 15 is 0 Å². The molecular weight excluding hydrogens is 217 g/mol. The molecule has 2 nitrogen and oxygen atoms in total. The highest BCUT2D eigenvalue weighted by Gasteiger charge is 2.48. The molecule has 0 saturated carbocycles. The molecule has 0 aliphatic carbocycles. The summed E-state index contributed by atoms with van der Waals surface area (Å²) in [6.45, 7) is 3.41. The molecule has 1 atom stereocenters. The Balaban J connectivity index is 1.93. The third-order valence-corrected chi connectivity index (χ3v) is 4.21. The number of piperidine rings is 1. The second-order valence-electron chi connectivity index (χ2n) is 5.17. The van der Waals surface area contributed by atoms with Gasteiger partial charge in [0.05, 0.1) is 13.2 Å². The van der Waals surface area contributed by atoms with E-state index in [0.29, 0.717) is 19.1 Å². The van der Waals surface area contributed by atoms with Crippen molar-refractivity contribution < 1.29 is 9.13 Å². The molecule has 0 amide bonds. The average molecular weight is 235 g/mol. The monoisotopic (exact) mass is 235 g/mol. The van der Waals surface area contributed by atoms with Crippen LogP contribution in [0.3, 0.4) is 0 Å². The van der Waals surface area contributed by atoms with Gasteiger partial charge in [-0.15, -0.1) is 0 Å². The van der Waals surface area contributed by atoms with Gasteiger partial charge in [-0.3, -0.25) is 0 Å². The van der Waals surface area contributed by atoms with Crippen molar-refractivity contribution in [2.24, 2.45) is 5.92 Å². The summed E-state index contributed by atoms with van der Waals surface area (Å²) in [5.41, 5.74) is 0.763. The van der Waals surface area contributed by atoms with Gasteiger partial charge in [-0.1, -0.05) is 18.2 Å². The van der Waals surface area contributed by atoms with Gasteiger partial charge in [0.15, 0.2) is 0 Å². The van der Waals surface area contributed by atoms with Crippen LogP contribution in [0.1, 0.15) is 18.4 Å². The minimum absolute atomic E-state index is 0.0821. The maximum Gasteiger partial charge on any atom is 0.127 e. The van der Waals surface area contributed by atoms with Gasteiger partial charge < -0.3 is 10.1 Å². The third-order valence-electron chi connectivity index (χ3n) is 4.21. The third kappa shape index (κ3) is 1.78. The Labute approximate surface area is 101 Å². The summed E-state index contributed by atoms with van der Waals surface area (Å²) < 4.78 is 19.4. The molecule has 2 aliphatic heterocycles. The molecule has 3 rings (SSSR count). The van der Waals surface area contributed by atoms with Gasteiger partial charge in [-0.2, -0.15) is 0 Å². The Morgan fingerprint density at radius 3 is 2.71 bits per heavy atom. The zero-order chi connectivity index (χ0) is 11.7. The molecule has 1 N–H and O–H groups in total. The van der Waals surface area contributed by atoms with Crippen LogP contribution in [0.2, 0.25) is 0 Å². The molecule has 0 bridgehead atoms. The van der Waals surface area contributed by atoms with E-state index in [9.17, 15) is 4.39 Å². The molecule has 2 aliphatic rings. The topological polar surface area (TPSA) is 21.3 Å². The first kappa shape index (κ1) is 11.2. The van der Waals surface area contributed by atoms with Gasteiger partial charge in [-0.05, 0) is 43.5 Å². The zero-order valence-corrected chi connectivity index (χ0v) is 9.92. The van der Waals surface area contributed by atoms with Crippen LogP contribution in [0.4, 0.5) is 4.39 Å². The van der Waals surface area contributed by atoms with Crippen LogP contribution < -0.4 is 5.32 Å². The van der Waals surface area contributed by atoms with Gasteiger partial charge >= 0.3 is 0 Å². The highest BCUT2D eigenvalue weighted by atomic mass is 19.1. The molecule has 3 heteroatoms. The highest BCUT2D eigenvalue weighted by Crippen LogP contribution is 2.43. The Kier molecular flexibility index (Phi) is 2.89. The summed E-state index contributed by atoms with van der Waals surface area (Å²) in [7, 11) is 0. The van der Waals surface area contributed by atoms with Crippen LogP contribution in [0.15, 0.2) is 24.3 Å². The lowest BCUT2D eigenvalue weighted by Crippen LogP contribution is -2.56. The summed E-state index contributed by atoms with van der Waals surface area (Å²) in [6, 6.07) is 7.16. The maximum absolute atomic E-state index is 14.0. The largest absolute Gasteiger partial charge is 0.379 e. The smallest absolute Gasteiger partial charge is 0.127 e. The van der Waals surface area contributed by atoms with Crippen molar-refractivity contribution in [1.29, 1.82) is 0 Å². The standard InChI is InChI=1S/C14H18FNO/c15-13-6-2-1-5-12(13)14(9-17-10-14)11-4-3-7-16-8-11/h1-2,5-6,11,16H,3-4,7-10H2. The fourth-order valence-corrected chi connectivity index (χ4v) is 3.12. The lowest BCUT2D eigenvalue weighted by atomic mass is 9.66. The van der Waals surface area contributed by atoms with Gasteiger partial charge in [-0.25, -0.2) is 4.39 Å². The normalized spacial score (nSPS) is 27.5. The molecule has 2 fully saturated rings. The van der Waals surface area contributed by atoms with E-state index < -0.39 is 0 Å². The molecule has 0 aromatic heterocycles. The molecule has 17 heavy (non-hydrogen) atoms. The van der Waals surface area contributed by atoms with Gasteiger partial charge in [0.25, 0.3) is 0 Å². The average Bonchev–Trinajstić information content (AvgIpc) is 2.32. The molecule has 0 spiro atoms. The summed E-state index contributed by atoms with van der Waals surface area (Å²) >= 11 is 0. The number of halogens is 1. The summed E-state index contributed by atoms with van der Waals surface area (Å²) in [6.07, 6.45) is 2.35. The van der Waals surface area contributed by atoms with Crippen LogP contribution in [0.25, 0.3) is 0 Å². The second-order valence-corrected chi connectivity index (χ2v) is 5.17. The Bertz CT molecular complexity index is 397. The number of hydrogen-bond donors (Lipinski definition) is 1. The van der Waals surface area contributed by atoms with Crippen LogP contribution in [-0.4, -0.2) is 26.3 Å². The van der Waals surface area contributed by atoms with E-state index in [4.69, 9.17) is 4.74 Å². The van der Waals surface area contributed by atoms with Gasteiger partial charge in [0, 0.05) is 5.41 Å². The fourth-order valence-electron chi connectivity index (χ4n) is 3.12. The number of nitrogens with one attached hydrogen (secondary N) is 1. The molecular formula is C14H18FNO. The number of rotatable bonds is 2. The van der Waals surface area contributed by atoms with Crippen LogP contribution in [-0.2, 0) is 10.2 Å². The van der Waals surface area contributed by atoms with Crippen molar-refractivity contribution in [3.8, 4) is 0 Å². The Morgan fingerprint density at radius 2 is 2.12 bits per heavy atom. The van der Waals surface area contributed by atoms with Gasteiger partial charge in [0.2, 0.25) is 0 Å². The maximum atomic E-state index is 14.0. The van der Waals surface area contributed by atoms with Crippen molar-refractivity contribution in [2.75, 3.05) is 26.3 Å². The van der Waals surface area contributed by atoms with Gasteiger partial charge in [0.1, 0.15) is 5.82 Å². The van der Waals surface area contributed by atoms with E-state index in [1.807, 2.05) is 12.1 Å². The number of ether oxygens (including phenoxy) is 1. The van der Waals surface area contributed by atoms with Crippen molar-refractivity contribution >= 4 is 0 Å². The molecule has 92 valence electrons. The van der Waals surface area contributed by atoms with Crippen molar-refractivity contribution in [3.63, 3.8) is 0 Å². The quantitative estimate of drug-likeness (QED) is 0.847. The van der Waals surface area contributed by atoms with Crippen LogP contribution in [0.5, 0.6) is 0 Å². The summed E-state index contributed by atoms with van der Waals surface area (Å²) in [4.78, 5) is 0. The van der Waals surface area contributed by atoms with Crippen molar-refractivity contribution in [2.45, 2.75) is 18.3 Å². The van der Waals surface area contributed by atoms with E-state index in [2.05, 4.69) is 5.32 Å². The minimum atomic E-state index is -0.0846. The second kappa shape index (κ2) is 4.39. The predicted molar refractivity (Wildman–Crippen MR) is 64.5 cm³/mol. The number of hydrogen-bond acceptors (Lipinski definition) is 2. The molecule has 1 aromatic rings. The van der Waals surface area contributed by atoms with Crippen molar-refractivity contribution in [3.05, 3.63) is 35.6 Å². The molecule has 0 radical (unpaired) electrons.